The first-order valence-corrected chi connectivity index (χ1v) is 5.31. The van der Waals surface area contributed by atoms with Gasteiger partial charge in [-0.1, -0.05) is 0 Å². The lowest BCUT2D eigenvalue weighted by Gasteiger charge is -2.16. The third-order valence-electron chi connectivity index (χ3n) is 2.14. The Morgan fingerprint density at radius 1 is 1.33 bits per heavy atom. The zero-order chi connectivity index (χ0) is 8.39. The average molecular weight is 274 g/mol. The number of rotatable bonds is 1. The fourth-order valence-corrected chi connectivity index (χ4v) is 2.23. The lowest BCUT2D eigenvalue weighted by Crippen LogP contribution is -2.19. The predicted octanol–water partition coefficient (Wildman–Crippen LogP) is 2.29. The van der Waals surface area contributed by atoms with Gasteiger partial charge in [-0.05, 0) is 47.6 Å². The summed E-state index contributed by atoms with van der Waals surface area (Å²) in [5, 5.41) is 0. The first kappa shape index (κ1) is 8.29. The smallest absolute Gasteiger partial charge is 0.141 e. The molecule has 1 aromatic heterocycles. The quantitative estimate of drug-likeness (QED) is 0.730. The van der Waals surface area contributed by atoms with Crippen molar-refractivity contribution in [2.45, 2.75) is 12.8 Å². The maximum Gasteiger partial charge on any atom is 0.141 e. The molecule has 0 bridgehead atoms. The van der Waals surface area contributed by atoms with Crippen LogP contribution in [0.4, 0.5) is 5.82 Å². The Balaban J connectivity index is 2.26. The molecule has 12 heavy (non-hydrogen) atoms. The zero-order valence-corrected chi connectivity index (χ0v) is 8.99. The van der Waals surface area contributed by atoms with Gasteiger partial charge in [-0.3, -0.25) is 0 Å². The number of halogens is 1. The number of pyridine rings is 1. The molecular weight excluding hydrogens is 263 g/mol. The Labute approximate surface area is 86.1 Å². The summed E-state index contributed by atoms with van der Waals surface area (Å²) in [6.07, 6.45) is 4.50. The van der Waals surface area contributed by atoms with Crippen molar-refractivity contribution in [2.75, 3.05) is 18.0 Å². The Morgan fingerprint density at radius 2 is 2.08 bits per heavy atom. The van der Waals surface area contributed by atoms with Gasteiger partial charge in [0.1, 0.15) is 5.82 Å². The molecule has 1 fully saturated rings. The molecule has 1 aromatic rings. The van der Waals surface area contributed by atoms with Crippen molar-refractivity contribution in [3.8, 4) is 0 Å². The molecule has 0 N–H and O–H groups in total. The van der Waals surface area contributed by atoms with Gasteiger partial charge in [0.05, 0.1) is 3.57 Å². The minimum absolute atomic E-state index is 1.16. The Bertz CT molecular complexity index is 269. The van der Waals surface area contributed by atoms with E-state index in [-0.39, 0.29) is 0 Å². The van der Waals surface area contributed by atoms with Gasteiger partial charge in [-0.2, -0.15) is 0 Å². The third-order valence-corrected chi connectivity index (χ3v) is 2.99. The molecular formula is C9H11IN2. The van der Waals surface area contributed by atoms with Gasteiger partial charge < -0.3 is 4.90 Å². The van der Waals surface area contributed by atoms with E-state index in [1.165, 1.54) is 29.5 Å². The van der Waals surface area contributed by atoms with Crippen LogP contribution in [0.2, 0.25) is 0 Å². The van der Waals surface area contributed by atoms with Gasteiger partial charge in [0.25, 0.3) is 0 Å². The second-order valence-corrected chi connectivity index (χ2v) is 4.17. The van der Waals surface area contributed by atoms with Crippen molar-refractivity contribution in [1.82, 2.24) is 4.98 Å². The summed E-state index contributed by atoms with van der Waals surface area (Å²) >= 11 is 2.35. The van der Waals surface area contributed by atoms with Crippen molar-refractivity contribution in [2.24, 2.45) is 0 Å². The monoisotopic (exact) mass is 274 g/mol. The average Bonchev–Trinajstić information content (AvgIpc) is 2.57. The van der Waals surface area contributed by atoms with Gasteiger partial charge in [0.2, 0.25) is 0 Å². The van der Waals surface area contributed by atoms with Crippen LogP contribution in [0.5, 0.6) is 0 Å². The number of nitrogens with zero attached hydrogens (tertiary/aromatic N) is 2. The van der Waals surface area contributed by atoms with E-state index in [4.69, 9.17) is 0 Å². The molecule has 0 radical (unpaired) electrons. The van der Waals surface area contributed by atoms with E-state index >= 15 is 0 Å². The Kier molecular flexibility index (Phi) is 2.48. The molecule has 0 aliphatic carbocycles. The van der Waals surface area contributed by atoms with Crippen LogP contribution in [0, 0.1) is 3.57 Å². The zero-order valence-electron chi connectivity index (χ0n) is 6.83. The summed E-state index contributed by atoms with van der Waals surface area (Å²) in [4.78, 5) is 6.74. The Morgan fingerprint density at radius 3 is 2.75 bits per heavy atom. The molecule has 64 valence electrons. The normalized spacial score (nSPS) is 16.9. The first-order chi connectivity index (χ1) is 5.88. The number of anilines is 1. The standard InChI is InChI=1S/C9H11IN2/c10-8-4-3-5-11-9(8)12-6-1-2-7-12/h3-5H,1-2,6-7H2. The SMILES string of the molecule is Ic1cccnc1N1CCCC1. The molecule has 0 spiro atoms. The lowest BCUT2D eigenvalue weighted by molar-refractivity contribution is 0.932. The van der Waals surface area contributed by atoms with Crippen LogP contribution >= 0.6 is 22.6 Å². The molecule has 0 aromatic carbocycles. The van der Waals surface area contributed by atoms with Crippen molar-refractivity contribution >= 4 is 28.4 Å². The maximum absolute atomic E-state index is 4.38. The van der Waals surface area contributed by atoms with Crippen LogP contribution in [0.3, 0.4) is 0 Å². The predicted molar refractivity (Wildman–Crippen MR) is 58.4 cm³/mol. The van der Waals surface area contributed by atoms with E-state index in [0.29, 0.717) is 0 Å². The minimum atomic E-state index is 1.16. The van der Waals surface area contributed by atoms with Crippen molar-refractivity contribution in [1.29, 1.82) is 0 Å². The van der Waals surface area contributed by atoms with Crippen LogP contribution in [0.25, 0.3) is 0 Å². The number of hydrogen-bond acceptors (Lipinski definition) is 2. The summed E-state index contributed by atoms with van der Waals surface area (Å²) in [6, 6.07) is 4.10. The van der Waals surface area contributed by atoms with Crippen molar-refractivity contribution in [3.05, 3.63) is 21.9 Å². The van der Waals surface area contributed by atoms with Crippen LogP contribution in [-0.2, 0) is 0 Å². The fourth-order valence-electron chi connectivity index (χ4n) is 1.54. The van der Waals surface area contributed by atoms with Crippen LogP contribution in [-0.4, -0.2) is 18.1 Å². The highest BCUT2D eigenvalue weighted by Crippen LogP contribution is 2.22. The molecule has 2 heterocycles. The summed E-state index contributed by atoms with van der Waals surface area (Å²) in [5.41, 5.74) is 0. The van der Waals surface area contributed by atoms with Gasteiger partial charge in [0, 0.05) is 19.3 Å². The molecule has 1 aliphatic rings. The molecule has 1 saturated heterocycles. The van der Waals surface area contributed by atoms with E-state index in [9.17, 15) is 0 Å². The topological polar surface area (TPSA) is 16.1 Å². The molecule has 0 unspecified atom stereocenters. The minimum Gasteiger partial charge on any atom is -0.356 e. The molecule has 2 nitrogen and oxygen atoms in total. The van der Waals surface area contributed by atoms with E-state index in [0.717, 1.165) is 5.82 Å². The summed E-state index contributed by atoms with van der Waals surface area (Å²) in [5.74, 6) is 1.16. The van der Waals surface area contributed by atoms with Gasteiger partial charge in [0.15, 0.2) is 0 Å². The van der Waals surface area contributed by atoms with Crippen molar-refractivity contribution in [3.63, 3.8) is 0 Å². The lowest BCUT2D eigenvalue weighted by atomic mass is 10.4. The van der Waals surface area contributed by atoms with Gasteiger partial charge >= 0.3 is 0 Å². The van der Waals surface area contributed by atoms with Crippen LogP contribution < -0.4 is 4.90 Å². The van der Waals surface area contributed by atoms with Gasteiger partial charge in [-0.15, -0.1) is 0 Å². The molecule has 0 amide bonds. The highest BCUT2D eigenvalue weighted by molar-refractivity contribution is 14.1. The first-order valence-electron chi connectivity index (χ1n) is 4.23. The molecule has 0 atom stereocenters. The van der Waals surface area contributed by atoms with E-state index in [1.54, 1.807) is 0 Å². The van der Waals surface area contributed by atoms with E-state index in [2.05, 4.69) is 38.5 Å². The summed E-state index contributed by atoms with van der Waals surface area (Å²) in [7, 11) is 0. The van der Waals surface area contributed by atoms with E-state index < -0.39 is 0 Å². The second kappa shape index (κ2) is 3.60. The number of hydrogen-bond donors (Lipinski definition) is 0. The molecule has 2 rings (SSSR count). The largest absolute Gasteiger partial charge is 0.356 e. The van der Waals surface area contributed by atoms with Crippen LogP contribution in [0.15, 0.2) is 18.3 Å². The number of aromatic nitrogens is 1. The molecule has 3 heteroatoms. The van der Waals surface area contributed by atoms with Crippen LogP contribution in [0.1, 0.15) is 12.8 Å². The highest BCUT2D eigenvalue weighted by atomic mass is 127. The third kappa shape index (κ3) is 1.55. The molecule has 1 aliphatic heterocycles. The summed E-state index contributed by atoms with van der Waals surface area (Å²) in [6.45, 7) is 2.35. The van der Waals surface area contributed by atoms with Gasteiger partial charge in [-0.25, -0.2) is 4.98 Å². The highest BCUT2D eigenvalue weighted by Gasteiger charge is 2.14. The Hall–Kier alpha value is -0.320. The van der Waals surface area contributed by atoms with Crippen molar-refractivity contribution < 1.29 is 0 Å². The summed E-state index contributed by atoms with van der Waals surface area (Å²) < 4.78 is 1.26. The maximum atomic E-state index is 4.38. The molecule has 0 saturated carbocycles. The van der Waals surface area contributed by atoms with E-state index in [1.807, 2.05) is 12.3 Å². The second-order valence-electron chi connectivity index (χ2n) is 3.00. The fraction of sp³-hybridized carbons (Fsp3) is 0.444.